The molecule has 0 unspecified atom stereocenters. The Morgan fingerprint density at radius 2 is 2.20 bits per heavy atom. The van der Waals surface area contributed by atoms with Crippen LogP contribution in [-0.4, -0.2) is 32.1 Å². The van der Waals surface area contributed by atoms with Crippen LogP contribution in [0.25, 0.3) is 0 Å². The molecule has 1 aromatic rings. The summed E-state index contributed by atoms with van der Waals surface area (Å²) in [6, 6.07) is 5.70. The predicted octanol–water partition coefficient (Wildman–Crippen LogP) is 4.10. The van der Waals surface area contributed by atoms with Crippen molar-refractivity contribution in [2.24, 2.45) is 5.92 Å². The third-order valence-corrected chi connectivity index (χ3v) is 3.38. The molecule has 1 fully saturated rings. The first kappa shape index (κ1) is 14.9. The lowest BCUT2D eigenvalue weighted by molar-refractivity contribution is 0.359. The lowest BCUT2D eigenvalue weighted by atomic mass is 10.2. The van der Waals surface area contributed by atoms with Gasteiger partial charge in [-0.15, -0.1) is 0 Å². The van der Waals surface area contributed by atoms with Gasteiger partial charge in [-0.05, 0) is 51.5 Å². The molecule has 110 valence electrons. The highest BCUT2D eigenvalue weighted by molar-refractivity contribution is 5.62. The summed E-state index contributed by atoms with van der Waals surface area (Å²) >= 11 is 0. The van der Waals surface area contributed by atoms with Gasteiger partial charge < -0.3 is 14.4 Å². The molecule has 2 aliphatic rings. The molecule has 0 atom stereocenters. The van der Waals surface area contributed by atoms with Crippen LogP contribution >= 0.6 is 0 Å². The lowest BCUT2D eigenvalue weighted by Gasteiger charge is -2.07. The van der Waals surface area contributed by atoms with Crippen LogP contribution in [0, 0.1) is 5.92 Å². The SMILES string of the molecule is C=CCOc1cccc2c1O2.CN(C)CCCC1CC1. The summed E-state index contributed by atoms with van der Waals surface area (Å²) in [5.74, 6) is 3.72. The molecule has 3 rings (SSSR count). The minimum absolute atomic E-state index is 0.528. The molecule has 0 aromatic heterocycles. The number of ether oxygens (including phenoxy) is 2. The number of benzene rings is 1. The first-order valence-electron chi connectivity index (χ1n) is 7.40. The molecule has 1 aromatic carbocycles. The topological polar surface area (TPSA) is 25.0 Å². The van der Waals surface area contributed by atoms with E-state index in [1.807, 2.05) is 18.2 Å². The van der Waals surface area contributed by atoms with Crippen LogP contribution in [0.15, 0.2) is 30.9 Å². The van der Waals surface area contributed by atoms with Crippen molar-refractivity contribution >= 4 is 0 Å². The highest BCUT2D eigenvalue weighted by atomic mass is 16.6. The van der Waals surface area contributed by atoms with E-state index in [4.69, 9.17) is 9.47 Å². The van der Waals surface area contributed by atoms with Crippen molar-refractivity contribution < 1.29 is 9.47 Å². The van der Waals surface area contributed by atoms with Crippen LogP contribution in [0.1, 0.15) is 25.7 Å². The lowest BCUT2D eigenvalue weighted by Crippen LogP contribution is -2.12. The molecule has 0 bridgehead atoms. The first-order chi connectivity index (χ1) is 9.70. The zero-order valence-electron chi connectivity index (χ0n) is 12.6. The van der Waals surface area contributed by atoms with Crippen molar-refractivity contribution in [1.29, 1.82) is 0 Å². The predicted molar refractivity (Wildman–Crippen MR) is 82.7 cm³/mol. The fourth-order valence-electron chi connectivity index (χ4n) is 2.03. The number of para-hydroxylation sites is 1. The molecule has 0 radical (unpaired) electrons. The van der Waals surface area contributed by atoms with Gasteiger partial charge in [-0.3, -0.25) is 0 Å². The molecule has 0 N–H and O–H groups in total. The normalized spacial score (nSPS) is 14.8. The van der Waals surface area contributed by atoms with Gasteiger partial charge in [-0.2, -0.15) is 0 Å². The van der Waals surface area contributed by atoms with Gasteiger partial charge in [0.25, 0.3) is 0 Å². The smallest absolute Gasteiger partial charge is 0.211 e. The summed E-state index contributed by atoms with van der Waals surface area (Å²) in [5.41, 5.74) is 0. The summed E-state index contributed by atoms with van der Waals surface area (Å²) < 4.78 is 10.4. The quantitative estimate of drug-likeness (QED) is 0.562. The van der Waals surface area contributed by atoms with E-state index in [2.05, 4.69) is 25.6 Å². The second-order valence-electron chi connectivity index (χ2n) is 5.67. The summed E-state index contributed by atoms with van der Waals surface area (Å²) in [7, 11) is 4.29. The highest BCUT2D eigenvalue weighted by Crippen LogP contribution is 2.52. The van der Waals surface area contributed by atoms with Crippen molar-refractivity contribution in [2.45, 2.75) is 25.7 Å². The molecule has 1 saturated carbocycles. The fourth-order valence-corrected chi connectivity index (χ4v) is 2.03. The monoisotopic (exact) mass is 275 g/mol. The average Bonchev–Trinajstić information content (AvgIpc) is 3.29. The number of fused-ring (bicyclic) bond motifs is 1. The van der Waals surface area contributed by atoms with Crippen LogP contribution in [-0.2, 0) is 0 Å². The van der Waals surface area contributed by atoms with Crippen molar-refractivity contribution in [1.82, 2.24) is 4.90 Å². The van der Waals surface area contributed by atoms with E-state index in [0.29, 0.717) is 6.61 Å². The second kappa shape index (κ2) is 7.34. The second-order valence-corrected chi connectivity index (χ2v) is 5.67. The molecule has 0 spiro atoms. The summed E-state index contributed by atoms with van der Waals surface area (Å²) in [4.78, 5) is 2.27. The van der Waals surface area contributed by atoms with Crippen LogP contribution in [0.3, 0.4) is 0 Å². The van der Waals surface area contributed by atoms with Gasteiger partial charge in [0, 0.05) is 0 Å². The molecule has 1 heterocycles. The third-order valence-electron chi connectivity index (χ3n) is 3.38. The van der Waals surface area contributed by atoms with Crippen LogP contribution in [0.2, 0.25) is 0 Å². The average molecular weight is 275 g/mol. The zero-order valence-corrected chi connectivity index (χ0v) is 12.6. The number of hydrogen-bond donors (Lipinski definition) is 0. The van der Waals surface area contributed by atoms with E-state index < -0.39 is 0 Å². The van der Waals surface area contributed by atoms with E-state index in [0.717, 1.165) is 23.2 Å². The maximum Gasteiger partial charge on any atom is 0.211 e. The van der Waals surface area contributed by atoms with E-state index >= 15 is 0 Å². The molecule has 3 nitrogen and oxygen atoms in total. The Balaban J connectivity index is 0.000000151. The maximum absolute atomic E-state index is 5.29. The fraction of sp³-hybridized carbons (Fsp3) is 0.529. The molecule has 1 aliphatic heterocycles. The standard InChI is InChI=1S/C9H8O2.C8H17N/c1-2-6-10-7-4-3-5-8-9(7)11-8;1-9(2)7-3-4-8-5-6-8/h2-5H,1,6H2;8H,3-7H2,1-2H3. The van der Waals surface area contributed by atoms with Gasteiger partial charge in [0.15, 0.2) is 11.5 Å². The Morgan fingerprint density at radius 3 is 2.85 bits per heavy atom. The molecular weight excluding hydrogens is 250 g/mol. The summed E-state index contributed by atoms with van der Waals surface area (Å²) in [5, 5.41) is 0. The Kier molecular flexibility index (Phi) is 5.48. The van der Waals surface area contributed by atoms with E-state index in [-0.39, 0.29) is 0 Å². The number of rotatable bonds is 7. The van der Waals surface area contributed by atoms with Crippen molar-refractivity contribution in [3.63, 3.8) is 0 Å². The molecular formula is C17H25NO2. The van der Waals surface area contributed by atoms with E-state index in [1.165, 1.54) is 32.2 Å². The third kappa shape index (κ3) is 5.25. The van der Waals surface area contributed by atoms with Crippen molar-refractivity contribution in [2.75, 3.05) is 27.2 Å². The van der Waals surface area contributed by atoms with Gasteiger partial charge in [-0.1, -0.05) is 31.6 Å². The van der Waals surface area contributed by atoms with Gasteiger partial charge >= 0.3 is 0 Å². The minimum Gasteiger partial charge on any atom is -0.485 e. The Labute approximate surface area is 122 Å². The molecule has 20 heavy (non-hydrogen) atoms. The molecule has 0 saturated heterocycles. The van der Waals surface area contributed by atoms with E-state index in [9.17, 15) is 0 Å². The van der Waals surface area contributed by atoms with Gasteiger partial charge in [0.2, 0.25) is 5.75 Å². The Hall–Kier alpha value is -1.48. The van der Waals surface area contributed by atoms with Crippen LogP contribution < -0.4 is 9.47 Å². The largest absolute Gasteiger partial charge is 0.485 e. The minimum atomic E-state index is 0.528. The van der Waals surface area contributed by atoms with Crippen molar-refractivity contribution in [3.8, 4) is 17.2 Å². The summed E-state index contributed by atoms with van der Waals surface area (Å²) in [6.45, 7) is 5.36. The first-order valence-corrected chi connectivity index (χ1v) is 7.40. The van der Waals surface area contributed by atoms with Gasteiger partial charge in [-0.25, -0.2) is 0 Å². The van der Waals surface area contributed by atoms with Gasteiger partial charge in [0.05, 0.1) is 0 Å². The molecule has 1 aliphatic carbocycles. The summed E-state index contributed by atoms with van der Waals surface area (Å²) in [6.07, 6.45) is 7.60. The highest BCUT2D eigenvalue weighted by Gasteiger charge is 2.24. The Bertz CT molecular complexity index is 437. The van der Waals surface area contributed by atoms with E-state index in [1.54, 1.807) is 6.08 Å². The number of nitrogens with zero attached hydrogens (tertiary/aromatic N) is 1. The zero-order chi connectivity index (χ0) is 14.4. The number of hydrogen-bond acceptors (Lipinski definition) is 3. The maximum atomic E-state index is 5.29. The Morgan fingerprint density at radius 1 is 1.40 bits per heavy atom. The van der Waals surface area contributed by atoms with Crippen LogP contribution in [0.4, 0.5) is 0 Å². The van der Waals surface area contributed by atoms with Crippen LogP contribution in [0.5, 0.6) is 17.2 Å². The van der Waals surface area contributed by atoms with Crippen molar-refractivity contribution in [3.05, 3.63) is 30.9 Å². The molecule has 3 heteroatoms. The van der Waals surface area contributed by atoms with Gasteiger partial charge in [0.1, 0.15) is 6.61 Å². The molecule has 0 amide bonds.